The third-order valence-electron chi connectivity index (χ3n) is 5.31. The largest absolute Gasteiger partial charge is 0.497 e. The molecule has 1 aliphatic rings. The van der Waals surface area contributed by atoms with Crippen molar-refractivity contribution in [3.8, 4) is 5.75 Å². The minimum Gasteiger partial charge on any atom is -0.497 e. The molecule has 31 heavy (non-hydrogen) atoms. The summed E-state index contributed by atoms with van der Waals surface area (Å²) in [5.41, 5.74) is 1.81. The molecule has 1 saturated heterocycles. The maximum Gasteiger partial charge on any atom is 0.257 e. The van der Waals surface area contributed by atoms with Crippen molar-refractivity contribution in [3.05, 3.63) is 96.1 Å². The second-order valence-corrected chi connectivity index (χ2v) is 7.27. The number of methoxy groups -OCH3 is 1. The number of para-hydroxylation sites is 1. The SMILES string of the molecule is COc1ccc(CN(C(=O)c2ccccc2)[C@H]2CC(=O)N(c3ccccc3)C2=O)cc1. The van der Waals surface area contributed by atoms with Crippen LogP contribution >= 0.6 is 0 Å². The van der Waals surface area contributed by atoms with Gasteiger partial charge in [-0.15, -0.1) is 0 Å². The number of carbonyl (C=O) groups is 3. The van der Waals surface area contributed by atoms with Crippen LogP contribution in [0.25, 0.3) is 0 Å². The molecular weight excluding hydrogens is 392 g/mol. The summed E-state index contributed by atoms with van der Waals surface area (Å²) >= 11 is 0. The van der Waals surface area contributed by atoms with Crippen LogP contribution in [0.1, 0.15) is 22.3 Å². The lowest BCUT2D eigenvalue weighted by Crippen LogP contribution is -2.45. The van der Waals surface area contributed by atoms with Crippen LogP contribution in [0.4, 0.5) is 5.69 Å². The number of ether oxygens (including phenoxy) is 1. The monoisotopic (exact) mass is 414 g/mol. The smallest absolute Gasteiger partial charge is 0.257 e. The van der Waals surface area contributed by atoms with Gasteiger partial charge in [-0.1, -0.05) is 48.5 Å². The Bertz CT molecular complexity index is 1080. The Balaban J connectivity index is 1.67. The predicted octanol–water partition coefficient (Wildman–Crippen LogP) is 3.67. The van der Waals surface area contributed by atoms with Gasteiger partial charge < -0.3 is 9.64 Å². The van der Waals surface area contributed by atoms with E-state index >= 15 is 0 Å². The standard InChI is InChI=1S/C25H22N2O4/c1-31-21-14-12-18(13-15-21)17-26(24(29)19-8-4-2-5-9-19)22-16-23(28)27(25(22)30)20-10-6-3-7-11-20/h2-15,22H,16-17H2,1H3/t22-/m0/s1. The van der Waals surface area contributed by atoms with Gasteiger partial charge in [-0.25, -0.2) is 4.90 Å². The van der Waals surface area contributed by atoms with Gasteiger partial charge in [0.15, 0.2) is 0 Å². The molecule has 0 unspecified atom stereocenters. The molecule has 3 aromatic rings. The summed E-state index contributed by atoms with van der Waals surface area (Å²) < 4.78 is 5.20. The summed E-state index contributed by atoms with van der Waals surface area (Å²) in [7, 11) is 1.58. The lowest BCUT2D eigenvalue weighted by atomic mass is 10.1. The number of hydrogen-bond donors (Lipinski definition) is 0. The molecule has 0 bridgehead atoms. The predicted molar refractivity (Wildman–Crippen MR) is 117 cm³/mol. The second kappa shape index (κ2) is 8.83. The molecule has 0 saturated carbocycles. The molecular formula is C25H22N2O4. The second-order valence-electron chi connectivity index (χ2n) is 7.27. The highest BCUT2D eigenvalue weighted by Crippen LogP contribution is 2.28. The Hall–Kier alpha value is -3.93. The fraction of sp³-hybridized carbons (Fsp3) is 0.160. The van der Waals surface area contributed by atoms with Crippen molar-refractivity contribution in [3.63, 3.8) is 0 Å². The Kier molecular flexibility index (Phi) is 5.80. The molecule has 0 spiro atoms. The van der Waals surface area contributed by atoms with Crippen LogP contribution in [0.2, 0.25) is 0 Å². The molecule has 1 aliphatic heterocycles. The van der Waals surface area contributed by atoms with Gasteiger partial charge in [-0.2, -0.15) is 0 Å². The third-order valence-corrected chi connectivity index (χ3v) is 5.31. The van der Waals surface area contributed by atoms with Gasteiger partial charge in [0, 0.05) is 12.1 Å². The van der Waals surface area contributed by atoms with E-state index in [2.05, 4.69) is 0 Å². The van der Waals surface area contributed by atoms with Crippen LogP contribution in [-0.2, 0) is 16.1 Å². The first-order chi connectivity index (χ1) is 15.1. The van der Waals surface area contributed by atoms with Gasteiger partial charge in [0.25, 0.3) is 11.8 Å². The molecule has 0 N–H and O–H groups in total. The lowest BCUT2D eigenvalue weighted by Gasteiger charge is -2.28. The van der Waals surface area contributed by atoms with Crippen molar-refractivity contribution in [2.45, 2.75) is 19.0 Å². The molecule has 6 nitrogen and oxygen atoms in total. The number of imide groups is 1. The number of carbonyl (C=O) groups excluding carboxylic acids is 3. The van der Waals surface area contributed by atoms with Crippen LogP contribution in [0.15, 0.2) is 84.9 Å². The Morgan fingerprint density at radius 3 is 2.16 bits per heavy atom. The van der Waals surface area contributed by atoms with Crippen LogP contribution < -0.4 is 9.64 Å². The zero-order chi connectivity index (χ0) is 21.8. The van der Waals surface area contributed by atoms with Crippen LogP contribution in [-0.4, -0.2) is 35.8 Å². The maximum absolute atomic E-state index is 13.4. The van der Waals surface area contributed by atoms with E-state index in [1.807, 2.05) is 24.3 Å². The fourth-order valence-electron chi connectivity index (χ4n) is 3.71. The molecule has 0 radical (unpaired) electrons. The average molecular weight is 414 g/mol. The van der Waals surface area contributed by atoms with Crippen LogP contribution in [0, 0.1) is 0 Å². The van der Waals surface area contributed by atoms with E-state index in [-0.39, 0.29) is 24.8 Å². The average Bonchev–Trinajstić information content (AvgIpc) is 3.12. The van der Waals surface area contributed by atoms with Gasteiger partial charge in [0.1, 0.15) is 11.8 Å². The Labute approximate surface area is 180 Å². The number of rotatable bonds is 6. The van der Waals surface area contributed by atoms with E-state index in [9.17, 15) is 14.4 Å². The van der Waals surface area contributed by atoms with E-state index in [1.165, 1.54) is 9.80 Å². The third kappa shape index (κ3) is 4.19. The molecule has 1 heterocycles. The zero-order valence-electron chi connectivity index (χ0n) is 17.1. The normalized spacial score (nSPS) is 15.8. The van der Waals surface area contributed by atoms with Gasteiger partial charge in [0.2, 0.25) is 5.91 Å². The molecule has 3 aromatic carbocycles. The minimum atomic E-state index is -0.873. The molecule has 156 valence electrons. The maximum atomic E-state index is 13.4. The number of nitrogens with zero attached hydrogens (tertiary/aromatic N) is 2. The first-order valence-electron chi connectivity index (χ1n) is 9.99. The van der Waals surface area contributed by atoms with E-state index in [1.54, 1.807) is 67.8 Å². The minimum absolute atomic E-state index is 0.0531. The van der Waals surface area contributed by atoms with E-state index in [0.29, 0.717) is 17.0 Å². The molecule has 0 aromatic heterocycles. The van der Waals surface area contributed by atoms with Crippen molar-refractivity contribution in [1.29, 1.82) is 0 Å². The highest BCUT2D eigenvalue weighted by molar-refractivity contribution is 6.23. The van der Waals surface area contributed by atoms with Crippen molar-refractivity contribution in [2.75, 3.05) is 12.0 Å². The summed E-state index contributed by atoms with van der Waals surface area (Å²) in [4.78, 5) is 42.1. The first kappa shape index (κ1) is 20.3. The molecule has 0 aliphatic carbocycles. The van der Waals surface area contributed by atoms with E-state index < -0.39 is 11.9 Å². The molecule has 3 amide bonds. The summed E-state index contributed by atoms with van der Waals surface area (Å²) in [5, 5.41) is 0. The number of amides is 3. The van der Waals surface area contributed by atoms with Crippen molar-refractivity contribution in [2.24, 2.45) is 0 Å². The zero-order valence-corrected chi connectivity index (χ0v) is 17.1. The van der Waals surface area contributed by atoms with Crippen LogP contribution in [0.5, 0.6) is 5.75 Å². The van der Waals surface area contributed by atoms with E-state index in [4.69, 9.17) is 4.74 Å². The molecule has 6 heteroatoms. The Morgan fingerprint density at radius 2 is 1.55 bits per heavy atom. The summed E-state index contributed by atoms with van der Waals surface area (Å²) in [5.74, 6) is -0.305. The Morgan fingerprint density at radius 1 is 0.935 bits per heavy atom. The number of anilines is 1. The number of benzene rings is 3. The lowest BCUT2D eigenvalue weighted by molar-refractivity contribution is -0.122. The first-order valence-corrected chi connectivity index (χ1v) is 9.99. The van der Waals surface area contributed by atoms with Gasteiger partial charge in [-0.05, 0) is 42.0 Å². The van der Waals surface area contributed by atoms with Crippen molar-refractivity contribution >= 4 is 23.4 Å². The van der Waals surface area contributed by atoms with Gasteiger partial charge >= 0.3 is 0 Å². The molecule has 1 atom stereocenters. The highest BCUT2D eigenvalue weighted by atomic mass is 16.5. The topological polar surface area (TPSA) is 66.9 Å². The van der Waals surface area contributed by atoms with Crippen molar-refractivity contribution in [1.82, 2.24) is 4.90 Å². The van der Waals surface area contributed by atoms with Crippen LogP contribution in [0.3, 0.4) is 0 Å². The van der Waals surface area contributed by atoms with Gasteiger partial charge in [-0.3, -0.25) is 14.4 Å². The van der Waals surface area contributed by atoms with Gasteiger partial charge in [0.05, 0.1) is 19.2 Å². The highest BCUT2D eigenvalue weighted by Gasteiger charge is 2.44. The fourth-order valence-corrected chi connectivity index (χ4v) is 3.71. The van der Waals surface area contributed by atoms with Crippen molar-refractivity contribution < 1.29 is 19.1 Å². The summed E-state index contributed by atoms with van der Waals surface area (Å²) in [6.07, 6.45) is -0.0531. The molecule has 1 fully saturated rings. The summed E-state index contributed by atoms with van der Waals surface area (Å²) in [6.45, 7) is 0.198. The molecule has 4 rings (SSSR count). The quantitative estimate of drug-likeness (QED) is 0.577. The van der Waals surface area contributed by atoms with E-state index in [0.717, 1.165) is 5.56 Å². The summed E-state index contributed by atoms with van der Waals surface area (Å²) in [6, 6.07) is 24.0. The number of hydrogen-bond acceptors (Lipinski definition) is 4.